The molecule has 0 unspecified atom stereocenters. The number of fused-ring (bicyclic) bond motifs is 1. The van der Waals surface area contributed by atoms with Crippen molar-refractivity contribution < 1.29 is 0 Å². The molecule has 0 spiro atoms. The molecule has 0 aliphatic carbocycles. The van der Waals surface area contributed by atoms with Crippen molar-refractivity contribution in [3.05, 3.63) is 52.8 Å². The number of nitrogens with one attached hydrogen (secondary N) is 2. The minimum absolute atomic E-state index is 0.705. The van der Waals surface area contributed by atoms with Crippen molar-refractivity contribution in [1.29, 1.82) is 0 Å². The van der Waals surface area contributed by atoms with Gasteiger partial charge in [0.05, 0.1) is 5.52 Å². The molecule has 1 aliphatic rings. The highest BCUT2D eigenvalue weighted by molar-refractivity contribution is 6.31. The lowest BCUT2D eigenvalue weighted by atomic mass is 10.1. The minimum atomic E-state index is 0.705. The highest BCUT2D eigenvalue weighted by atomic mass is 35.5. The minimum Gasteiger partial charge on any atom is -0.383 e. The van der Waals surface area contributed by atoms with Gasteiger partial charge in [-0.05, 0) is 63.4 Å². The zero-order valence-electron chi connectivity index (χ0n) is 17.1. The fourth-order valence-corrected chi connectivity index (χ4v) is 4.15. The Balaban J connectivity index is 1.42. The molecule has 152 valence electrons. The van der Waals surface area contributed by atoms with Gasteiger partial charge in [0.25, 0.3) is 0 Å². The number of hydrogen-bond acceptors (Lipinski definition) is 5. The molecule has 0 atom stereocenters. The van der Waals surface area contributed by atoms with Crippen LogP contribution in [0.2, 0.25) is 5.02 Å². The third-order valence-corrected chi connectivity index (χ3v) is 5.73. The molecule has 1 fully saturated rings. The van der Waals surface area contributed by atoms with E-state index in [-0.39, 0.29) is 0 Å². The van der Waals surface area contributed by atoms with Gasteiger partial charge in [0.15, 0.2) is 0 Å². The van der Waals surface area contributed by atoms with Crippen molar-refractivity contribution in [2.24, 2.45) is 0 Å². The summed E-state index contributed by atoms with van der Waals surface area (Å²) in [7, 11) is 0. The molecule has 0 radical (unpaired) electrons. The lowest BCUT2D eigenvalue weighted by Crippen LogP contribution is -2.31. The molecule has 4 rings (SSSR count). The summed E-state index contributed by atoms with van der Waals surface area (Å²) < 4.78 is 0. The summed E-state index contributed by atoms with van der Waals surface area (Å²) in [4.78, 5) is 11.7. The average molecular weight is 410 g/mol. The maximum atomic E-state index is 6.08. The largest absolute Gasteiger partial charge is 0.383 e. The molecule has 2 aromatic heterocycles. The van der Waals surface area contributed by atoms with Crippen molar-refractivity contribution in [2.45, 2.75) is 33.1 Å². The summed E-state index contributed by atoms with van der Waals surface area (Å²) in [5.74, 6) is 1.14. The van der Waals surface area contributed by atoms with E-state index in [0.717, 1.165) is 54.3 Å². The predicted octanol–water partition coefficient (Wildman–Crippen LogP) is 5.41. The SMILES string of the molecule is Cc1cc(NCCNc2ccnc3cc(Cl)ccc23)c(C)c(N2CCCCC2)n1. The molecule has 0 amide bonds. The van der Waals surface area contributed by atoms with Crippen LogP contribution >= 0.6 is 11.6 Å². The molecule has 1 aromatic carbocycles. The normalized spacial score (nSPS) is 14.2. The maximum absolute atomic E-state index is 6.08. The average Bonchev–Trinajstić information content (AvgIpc) is 2.73. The van der Waals surface area contributed by atoms with E-state index in [1.165, 1.54) is 30.5 Å². The Hall–Kier alpha value is -2.53. The first-order chi connectivity index (χ1) is 14.1. The topological polar surface area (TPSA) is 53.1 Å². The molecule has 0 saturated carbocycles. The maximum Gasteiger partial charge on any atom is 0.133 e. The summed E-state index contributed by atoms with van der Waals surface area (Å²) in [5, 5.41) is 8.90. The first-order valence-electron chi connectivity index (χ1n) is 10.4. The van der Waals surface area contributed by atoms with E-state index in [0.29, 0.717) is 5.02 Å². The second kappa shape index (κ2) is 8.87. The van der Waals surface area contributed by atoms with Crippen LogP contribution in [0.4, 0.5) is 17.2 Å². The Kier molecular flexibility index (Phi) is 6.05. The van der Waals surface area contributed by atoms with Gasteiger partial charge in [-0.25, -0.2) is 4.98 Å². The van der Waals surface area contributed by atoms with Crippen LogP contribution in [0.15, 0.2) is 36.5 Å². The van der Waals surface area contributed by atoms with E-state index in [4.69, 9.17) is 16.6 Å². The molecule has 1 saturated heterocycles. The number of rotatable bonds is 6. The van der Waals surface area contributed by atoms with E-state index >= 15 is 0 Å². The predicted molar refractivity (Wildman–Crippen MR) is 124 cm³/mol. The molecule has 6 heteroatoms. The number of piperidine rings is 1. The summed E-state index contributed by atoms with van der Waals surface area (Å²) in [6.45, 7) is 8.09. The Morgan fingerprint density at radius 2 is 1.72 bits per heavy atom. The molecule has 0 bridgehead atoms. The van der Waals surface area contributed by atoms with E-state index in [1.54, 1.807) is 0 Å². The molecular weight excluding hydrogens is 382 g/mol. The first kappa shape index (κ1) is 19.8. The van der Waals surface area contributed by atoms with Crippen molar-refractivity contribution in [2.75, 3.05) is 41.7 Å². The molecule has 3 aromatic rings. The van der Waals surface area contributed by atoms with E-state index in [2.05, 4.69) is 40.4 Å². The fourth-order valence-electron chi connectivity index (χ4n) is 3.99. The summed E-state index contributed by atoms with van der Waals surface area (Å²) in [6.07, 6.45) is 5.66. The number of benzene rings is 1. The van der Waals surface area contributed by atoms with Crippen molar-refractivity contribution in [3.63, 3.8) is 0 Å². The van der Waals surface area contributed by atoms with Crippen LogP contribution in [0.1, 0.15) is 30.5 Å². The van der Waals surface area contributed by atoms with Crippen LogP contribution in [0, 0.1) is 13.8 Å². The van der Waals surface area contributed by atoms with Crippen LogP contribution in [0.5, 0.6) is 0 Å². The smallest absolute Gasteiger partial charge is 0.133 e. The third kappa shape index (κ3) is 4.56. The highest BCUT2D eigenvalue weighted by Crippen LogP contribution is 2.28. The molecule has 5 nitrogen and oxygen atoms in total. The van der Waals surface area contributed by atoms with Crippen LogP contribution < -0.4 is 15.5 Å². The Bertz CT molecular complexity index is 998. The van der Waals surface area contributed by atoms with Crippen LogP contribution in [0.3, 0.4) is 0 Å². The van der Waals surface area contributed by atoms with Crippen LogP contribution in [-0.4, -0.2) is 36.1 Å². The van der Waals surface area contributed by atoms with Crippen molar-refractivity contribution in [3.8, 4) is 0 Å². The number of aryl methyl sites for hydroxylation is 1. The monoisotopic (exact) mass is 409 g/mol. The van der Waals surface area contributed by atoms with Gasteiger partial charge in [0.1, 0.15) is 5.82 Å². The Morgan fingerprint density at radius 3 is 2.52 bits per heavy atom. The van der Waals surface area contributed by atoms with E-state index in [9.17, 15) is 0 Å². The zero-order valence-corrected chi connectivity index (χ0v) is 17.9. The summed E-state index contributed by atoms with van der Waals surface area (Å²) >= 11 is 6.08. The fraction of sp³-hybridized carbons (Fsp3) is 0.391. The molecule has 3 heterocycles. The molecule has 29 heavy (non-hydrogen) atoms. The van der Waals surface area contributed by atoms with Crippen molar-refractivity contribution in [1.82, 2.24) is 9.97 Å². The molecule has 2 N–H and O–H groups in total. The van der Waals surface area contributed by atoms with Gasteiger partial charge in [0, 0.05) is 65.4 Å². The van der Waals surface area contributed by atoms with Gasteiger partial charge in [0.2, 0.25) is 0 Å². The van der Waals surface area contributed by atoms with E-state index in [1.807, 2.05) is 30.5 Å². The van der Waals surface area contributed by atoms with Gasteiger partial charge in [-0.2, -0.15) is 0 Å². The number of anilines is 3. The van der Waals surface area contributed by atoms with Gasteiger partial charge in [-0.3, -0.25) is 4.98 Å². The number of hydrogen-bond donors (Lipinski definition) is 2. The number of aromatic nitrogens is 2. The third-order valence-electron chi connectivity index (χ3n) is 5.49. The first-order valence-corrected chi connectivity index (χ1v) is 10.7. The number of halogens is 1. The molecular formula is C23H28ClN5. The van der Waals surface area contributed by atoms with Crippen molar-refractivity contribution >= 4 is 39.7 Å². The Labute approximate surface area is 177 Å². The lowest BCUT2D eigenvalue weighted by Gasteiger charge is -2.30. The lowest BCUT2D eigenvalue weighted by molar-refractivity contribution is 0.572. The summed E-state index contributed by atoms with van der Waals surface area (Å²) in [5.41, 5.74) is 5.45. The quantitative estimate of drug-likeness (QED) is 0.533. The zero-order chi connectivity index (χ0) is 20.2. The van der Waals surface area contributed by atoms with Gasteiger partial charge < -0.3 is 15.5 Å². The van der Waals surface area contributed by atoms with Gasteiger partial charge in [-0.15, -0.1) is 0 Å². The summed E-state index contributed by atoms with van der Waals surface area (Å²) in [6, 6.07) is 9.96. The number of nitrogens with zero attached hydrogens (tertiary/aromatic N) is 3. The van der Waals surface area contributed by atoms with Gasteiger partial charge >= 0.3 is 0 Å². The molecule has 1 aliphatic heterocycles. The second-order valence-corrected chi connectivity index (χ2v) is 8.12. The van der Waals surface area contributed by atoms with E-state index < -0.39 is 0 Å². The Morgan fingerprint density at radius 1 is 0.966 bits per heavy atom. The van der Waals surface area contributed by atoms with Crippen LogP contribution in [0.25, 0.3) is 10.9 Å². The number of pyridine rings is 2. The second-order valence-electron chi connectivity index (χ2n) is 7.68. The van der Waals surface area contributed by atoms with Gasteiger partial charge in [-0.1, -0.05) is 11.6 Å². The highest BCUT2D eigenvalue weighted by Gasteiger charge is 2.16. The van der Waals surface area contributed by atoms with Crippen LogP contribution in [-0.2, 0) is 0 Å². The standard InChI is InChI=1S/C23H28ClN5/c1-16-14-21(17(2)23(28-16)29-12-4-3-5-13-29)27-11-10-26-20-8-9-25-22-15-18(24)6-7-19(20)22/h6-9,14-15H,3-5,10-13H2,1-2H3,(H,25,26)(H,27,28).